The molecular weight excluding hydrogens is 120 g/mol. The first-order valence-electron chi connectivity index (χ1n) is 1.23. The fraction of sp³-hybridized carbons (Fsp3) is 1.00. The van der Waals surface area contributed by atoms with Crippen LogP contribution in [0, 0.1) is 0 Å². The van der Waals surface area contributed by atoms with Gasteiger partial charge < -0.3 is 12.9 Å². The van der Waals surface area contributed by atoms with Gasteiger partial charge in [-0.05, 0) is 0 Å². The van der Waals surface area contributed by atoms with Crippen LogP contribution in [0.3, 0.4) is 0 Å². The topological polar surface area (TPSA) is 0 Å². The van der Waals surface area contributed by atoms with Gasteiger partial charge >= 0.3 is 58.4 Å². The number of rotatable bonds is 0. The van der Waals surface area contributed by atoms with Gasteiger partial charge in [-0.25, -0.2) is 0 Å². The Morgan fingerprint density at radius 2 is 1.17 bits per heavy atom. The van der Waals surface area contributed by atoms with Gasteiger partial charge in [0, 0.05) is 0 Å². The van der Waals surface area contributed by atoms with E-state index < -0.39 is 6.98 Å². The van der Waals surface area contributed by atoms with Crippen molar-refractivity contribution in [3.63, 3.8) is 0 Å². The number of hydrogen-bond acceptors (Lipinski definition) is 0. The molecule has 0 atom stereocenters. The average Bonchev–Trinajstić information content (AvgIpc) is 0.722. The van der Waals surface area contributed by atoms with Gasteiger partial charge in [-0.15, -0.1) is 0 Å². The zero-order valence-electron chi connectivity index (χ0n) is 3.71. The second-order valence-electron chi connectivity index (χ2n) is 0.902. The molecule has 0 aromatic heterocycles. The first-order valence-corrected chi connectivity index (χ1v) is 1.23. The smallest absolute Gasteiger partial charge is 0.449 e. The van der Waals surface area contributed by atoms with E-state index in [2.05, 4.69) is 0 Å². The molecule has 0 fully saturated rings. The molecule has 0 saturated heterocycles. The summed E-state index contributed by atoms with van der Waals surface area (Å²) >= 11 is 0. The van der Waals surface area contributed by atoms with E-state index in [4.69, 9.17) is 0 Å². The third-order valence-electron chi connectivity index (χ3n) is 0. The Bertz CT molecular complexity index is 26.3. The van der Waals surface area contributed by atoms with Gasteiger partial charge in [0.25, 0.3) is 0 Å². The SMILES string of the molecule is [13CH3][B-](F)(F)F.[K+]. The normalized spacial score (nSPS) is 10.0. The average molecular weight is 123 g/mol. The summed E-state index contributed by atoms with van der Waals surface area (Å²) in [4.78, 5) is 0. The van der Waals surface area contributed by atoms with Crippen molar-refractivity contribution in [2.45, 2.75) is 6.82 Å². The van der Waals surface area contributed by atoms with Crippen molar-refractivity contribution in [1.82, 2.24) is 0 Å². The van der Waals surface area contributed by atoms with E-state index in [9.17, 15) is 12.9 Å². The molecule has 0 saturated carbocycles. The van der Waals surface area contributed by atoms with Gasteiger partial charge in [-0.3, -0.25) is 0 Å². The van der Waals surface area contributed by atoms with E-state index in [1.165, 1.54) is 0 Å². The fourth-order valence-electron chi connectivity index (χ4n) is 0. The maximum absolute atomic E-state index is 10.4. The van der Waals surface area contributed by atoms with Gasteiger partial charge in [0.15, 0.2) is 0 Å². The monoisotopic (exact) mass is 123 g/mol. The van der Waals surface area contributed by atoms with Crippen molar-refractivity contribution >= 4 is 6.98 Å². The predicted molar refractivity (Wildman–Crippen MR) is 14.9 cm³/mol. The van der Waals surface area contributed by atoms with Crippen LogP contribution in [0.15, 0.2) is 0 Å². The second-order valence-corrected chi connectivity index (χ2v) is 0.902. The Labute approximate surface area is 77.0 Å². The molecule has 0 radical (unpaired) electrons. The van der Waals surface area contributed by atoms with Crippen LogP contribution in [0.1, 0.15) is 0 Å². The van der Waals surface area contributed by atoms with Crippen molar-refractivity contribution in [3.05, 3.63) is 0 Å². The first kappa shape index (κ1) is 10.5. The van der Waals surface area contributed by atoms with Gasteiger partial charge in [0.2, 0.25) is 0 Å². The van der Waals surface area contributed by atoms with Crippen LogP contribution in [0.4, 0.5) is 12.9 Å². The molecule has 0 aliphatic heterocycles. The quantitative estimate of drug-likeness (QED) is 0.270. The van der Waals surface area contributed by atoms with Crippen LogP contribution in [-0.2, 0) is 0 Å². The summed E-state index contributed by atoms with van der Waals surface area (Å²) in [6.07, 6.45) is 0. The molecule has 0 rings (SSSR count). The largest absolute Gasteiger partial charge is 1.00 e. The molecule has 6 heavy (non-hydrogen) atoms. The van der Waals surface area contributed by atoms with Crippen molar-refractivity contribution in [1.29, 1.82) is 0 Å². The maximum atomic E-state index is 10.4. The molecule has 0 bridgehead atoms. The molecule has 0 aromatic rings. The minimum atomic E-state index is -4.50. The molecule has 5 heteroatoms. The van der Waals surface area contributed by atoms with E-state index in [0.29, 0.717) is 0 Å². The molecule has 32 valence electrons. The standard InChI is InChI=1S/CH3BF3.K/c1-2(3,4)5;/h1H3;/q-1;+1/i1+1;. The van der Waals surface area contributed by atoms with Crippen LogP contribution < -0.4 is 51.4 Å². The third kappa shape index (κ3) is 49.8. The third-order valence-corrected chi connectivity index (χ3v) is 0. The van der Waals surface area contributed by atoms with Gasteiger partial charge in [0.05, 0.1) is 0 Å². The van der Waals surface area contributed by atoms with E-state index in [-0.39, 0.29) is 58.2 Å². The molecule has 0 N–H and O–H groups in total. The molecule has 0 aromatic carbocycles. The van der Waals surface area contributed by atoms with Gasteiger partial charge in [0.1, 0.15) is 0 Å². The summed E-state index contributed by atoms with van der Waals surface area (Å²) in [5.41, 5.74) is 0. The summed E-state index contributed by atoms with van der Waals surface area (Å²) in [6.45, 7) is -4.25. The molecule has 0 aliphatic rings. The number of hydrogen-bond donors (Lipinski definition) is 0. The molecule has 0 heterocycles. The molecule has 0 unspecified atom stereocenters. The van der Waals surface area contributed by atoms with E-state index >= 15 is 0 Å². The van der Waals surface area contributed by atoms with Crippen molar-refractivity contribution in [3.8, 4) is 0 Å². The Balaban J connectivity index is 0. The Morgan fingerprint density at radius 1 is 1.17 bits per heavy atom. The summed E-state index contributed by atoms with van der Waals surface area (Å²) < 4.78 is 31.2. The summed E-state index contributed by atoms with van der Waals surface area (Å²) in [5, 5.41) is 0. The molecule has 0 amide bonds. The van der Waals surface area contributed by atoms with Crippen molar-refractivity contribution in [2.24, 2.45) is 0 Å². The molecule has 0 aliphatic carbocycles. The Kier molecular flexibility index (Phi) is 6.09. The predicted octanol–water partition coefficient (Wildman–Crippen LogP) is -1.53. The van der Waals surface area contributed by atoms with E-state index in [1.807, 2.05) is 0 Å². The molecule has 0 nitrogen and oxygen atoms in total. The van der Waals surface area contributed by atoms with Crippen LogP contribution >= 0.6 is 0 Å². The van der Waals surface area contributed by atoms with Gasteiger partial charge in [-0.2, -0.15) is 0 Å². The molecular formula is CH3BF3K. The Hall–Kier alpha value is 1.49. The Morgan fingerprint density at radius 3 is 1.17 bits per heavy atom. The minimum Gasteiger partial charge on any atom is -0.449 e. The maximum Gasteiger partial charge on any atom is 1.00 e. The van der Waals surface area contributed by atoms with E-state index in [0.717, 1.165) is 0 Å². The van der Waals surface area contributed by atoms with Crippen molar-refractivity contribution in [2.75, 3.05) is 0 Å². The van der Waals surface area contributed by atoms with Crippen LogP contribution in [0.25, 0.3) is 0 Å². The zero-order chi connectivity index (χ0) is 4.50. The first-order chi connectivity index (χ1) is 2.00. The second kappa shape index (κ2) is 3.49. The summed E-state index contributed by atoms with van der Waals surface area (Å²) in [6, 6.07) is 0. The van der Waals surface area contributed by atoms with Crippen LogP contribution in [0.2, 0.25) is 6.82 Å². The van der Waals surface area contributed by atoms with Gasteiger partial charge in [-0.1, -0.05) is 6.82 Å². The van der Waals surface area contributed by atoms with Crippen LogP contribution in [-0.4, -0.2) is 6.98 Å². The van der Waals surface area contributed by atoms with Crippen molar-refractivity contribution < 1.29 is 64.3 Å². The minimum absolute atomic E-state index is 0. The molecule has 0 spiro atoms. The summed E-state index contributed by atoms with van der Waals surface area (Å²) in [5.74, 6) is 0. The number of halogens is 3. The van der Waals surface area contributed by atoms with E-state index in [1.54, 1.807) is 0 Å². The zero-order valence-corrected chi connectivity index (χ0v) is 6.83. The summed E-state index contributed by atoms with van der Waals surface area (Å²) in [7, 11) is 0. The fourth-order valence-corrected chi connectivity index (χ4v) is 0. The van der Waals surface area contributed by atoms with Crippen LogP contribution in [0.5, 0.6) is 0 Å².